The van der Waals surface area contributed by atoms with E-state index in [2.05, 4.69) is 5.32 Å². The predicted molar refractivity (Wildman–Crippen MR) is 72.2 cm³/mol. The number of aromatic carboxylic acids is 1. The number of ether oxygens (including phenoxy) is 1. The number of hydrogen-bond acceptors (Lipinski definition) is 4. The van der Waals surface area contributed by atoms with E-state index < -0.39 is 5.97 Å². The van der Waals surface area contributed by atoms with E-state index >= 15 is 0 Å². The number of carboxylic acid groups (broad SMARTS) is 1. The summed E-state index contributed by atoms with van der Waals surface area (Å²) in [7, 11) is 1.45. The number of amides is 1. The summed E-state index contributed by atoms with van der Waals surface area (Å²) in [4.78, 5) is 22.8. The molecule has 19 heavy (non-hydrogen) atoms. The summed E-state index contributed by atoms with van der Waals surface area (Å²) < 4.78 is 5.09. The molecule has 0 saturated carbocycles. The molecule has 0 atom stereocenters. The van der Waals surface area contributed by atoms with Crippen molar-refractivity contribution in [3.8, 4) is 5.75 Å². The van der Waals surface area contributed by atoms with E-state index in [0.29, 0.717) is 17.0 Å². The van der Waals surface area contributed by atoms with E-state index in [0.717, 1.165) is 0 Å². The number of carbonyl (C=O) groups excluding carboxylic acids is 1. The highest BCUT2D eigenvalue weighted by molar-refractivity contribution is 7.08. The van der Waals surface area contributed by atoms with Crippen LogP contribution in [0.5, 0.6) is 5.75 Å². The summed E-state index contributed by atoms with van der Waals surface area (Å²) in [5, 5.41) is 15.1. The second-order valence-electron chi connectivity index (χ2n) is 3.69. The molecular weight excluding hydrogens is 266 g/mol. The lowest BCUT2D eigenvalue weighted by Crippen LogP contribution is -2.12. The maximum atomic E-state index is 11.9. The molecule has 2 N–H and O–H groups in total. The average molecular weight is 277 g/mol. The Morgan fingerprint density at radius 2 is 2.05 bits per heavy atom. The van der Waals surface area contributed by atoms with Crippen LogP contribution in [0.3, 0.4) is 0 Å². The number of anilines is 1. The van der Waals surface area contributed by atoms with E-state index in [1.54, 1.807) is 16.8 Å². The normalized spacial score (nSPS) is 9.95. The molecule has 0 aliphatic rings. The zero-order chi connectivity index (χ0) is 13.8. The maximum Gasteiger partial charge on any atom is 0.335 e. The number of methoxy groups -OCH3 is 1. The minimum Gasteiger partial charge on any atom is -0.495 e. The van der Waals surface area contributed by atoms with Crippen molar-refractivity contribution in [2.75, 3.05) is 12.4 Å². The van der Waals surface area contributed by atoms with Crippen LogP contribution < -0.4 is 10.1 Å². The first kappa shape index (κ1) is 13.1. The second kappa shape index (κ2) is 5.53. The standard InChI is InChI=1S/C13H11NO4S/c1-18-11-3-2-8(13(16)17)6-10(11)14-12(15)9-4-5-19-7-9/h2-7H,1H3,(H,14,15)(H,16,17). The van der Waals surface area contributed by atoms with Gasteiger partial charge in [0.2, 0.25) is 0 Å². The van der Waals surface area contributed by atoms with Crippen molar-refractivity contribution in [2.45, 2.75) is 0 Å². The molecule has 98 valence electrons. The highest BCUT2D eigenvalue weighted by Crippen LogP contribution is 2.26. The fourth-order valence-electron chi connectivity index (χ4n) is 1.53. The molecule has 0 aliphatic heterocycles. The summed E-state index contributed by atoms with van der Waals surface area (Å²) in [6.45, 7) is 0. The molecule has 0 radical (unpaired) electrons. The third-order valence-corrected chi connectivity index (χ3v) is 3.16. The smallest absolute Gasteiger partial charge is 0.335 e. The van der Waals surface area contributed by atoms with E-state index in [1.807, 2.05) is 0 Å². The van der Waals surface area contributed by atoms with E-state index in [1.165, 1.54) is 36.6 Å². The molecule has 1 amide bonds. The Kier molecular flexibility index (Phi) is 3.82. The zero-order valence-corrected chi connectivity index (χ0v) is 10.9. The third kappa shape index (κ3) is 2.92. The molecule has 1 aromatic carbocycles. The molecule has 1 aromatic heterocycles. The average Bonchev–Trinajstić information content (AvgIpc) is 2.92. The Balaban J connectivity index is 2.30. The topological polar surface area (TPSA) is 75.6 Å². The van der Waals surface area contributed by atoms with Gasteiger partial charge in [-0.15, -0.1) is 0 Å². The lowest BCUT2D eigenvalue weighted by molar-refractivity contribution is 0.0696. The van der Waals surface area contributed by atoms with Crippen LogP contribution in [-0.2, 0) is 0 Å². The lowest BCUT2D eigenvalue weighted by atomic mass is 10.2. The lowest BCUT2D eigenvalue weighted by Gasteiger charge is -2.10. The quantitative estimate of drug-likeness (QED) is 0.901. The van der Waals surface area contributed by atoms with Crippen molar-refractivity contribution in [2.24, 2.45) is 0 Å². The summed E-state index contributed by atoms with van der Waals surface area (Å²) in [6.07, 6.45) is 0. The molecule has 0 bridgehead atoms. The van der Waals surface area contributed by atoms with E-state index in [-0.39, 0.29) is 11.5 Å². The number of nitrogens with one attached hydrogen (secondary N) is 1. The van der Waals surface area contributed by atoms with Crippen molar-refractivity contribution in [3.63, 3.8) is 0 Å². The van der Waals surface area contributed by atoms with Crippen LogP contribution in [0.4, 0.5) is 5.69 Å². The predicted octanol–water partition coefficient (Wildman–Crippen LogP) is 2.71. The van der Waals surface area contributed by atoms with Gasteiger partial charge in [0, 0.05) is 5.38 Å². The number of carboxylic acids is 1. The largest absolute Gasteiger partial charge is 0.495 e. The first-order chi connectivity index (χ1) is 9.11. The minimum absolute atomic E-state index is 0.0846. The Labute approximate surface area is 113 Å². The number of thiophene rings is 1. The van der Waals surface area contributed by atoms with E-state index in [9.17, 15) is 9.59 Å². The molecule has 0 spiro atoms. The molecule has 2 rings (SSSR count). The third-order valence-electron chi connectivity index (χ3n) is 2.48. The summed E-state index contributed by atoms with van der Waals surface area (Å²) in [5.41, 5.74) is 0.938. The molecule has 0 unspecified atom stereocenters. The van der Waals surface area contributed by atoms with Gasteiger partial charge in [-0.1, -0.05) is 0 Å². The number of carbonyl (C=O) groups is 2. The van der Waals surface area contributed by atoms with Gasteiger partial charge in [0.25, 0.3) is 5.91 Å². The molecule has 0 saturated heterocycles. The highest BCUT2D eigenvalue weighted by Gasteiger charge is 2.13. The van der Waals surface area contributed by atoms with Gasteiger partial charge in [-0.25, -0.2) is 4.79 Å². The van der Waals surface area contributed by atoms with Gasteiger partial charge in [-0.05, 0) is 29.6 Å². The molecule has 0 fully saturated rings. The van der Waals surface area contributed by atoms with Gasteiger partial charge in [-0.3, -0.25) is 4.79 Å². The first-order valence-electron chi connectivity index (χ1n) is 5.36. The molecule has 0 aliphatic carbocycles. The Bertz CT molecular complexity index is 607. The Morgan fingerprint density at radius 1 is 1.26 bits per heavy atom. The minimum atomic E-state index is -1.06. The monoisotopic (exact) mass is 277 g/mol. The van der Waals surface area contributed by atoms with Gasteiger partial charge in [-0.2, -0.15) is 11.3 Å². The Hall–Kier alpha value is -2.34. The Morgan fingerprint density at radius 3 is 2.63 bits per heavy atom. The number of benzene rings is 1. The summed E-state index contributed by atoms with van der Waals surface area (Å²) in [5.74, 6) is -0.954. The molecule has 6 heteroatoms. The fourth-order valence-corrected chi connectivity index (χ4v) is 2.16. The van der Waals surface area contributed by atoms with Gasteiger partial charge in [0.15, 0.2) is 0 Å². The van der Waals surface area contributed by atoms with Crippen molar-refractivity contribution < 1.29 is 19.4 Å². The first-order valence-corrected chi connectivity index (χ1v) is 6.31. The van der Waals surface area contributed by atoms with Crippen LogP contribution in [0.15, 0.2) is 35.0 Å². The van der Waals surface area contributed by atoms with Crippen LogP contribution in [0, 0.1) is 0 Å². The van der Waals surface area contributed by atoms with Crippen molar-refractivity contribution in [3.05, 3.63) is 46.2 Å². The van der Waals surface area contributed by atoms with Crippen molar-refractivity contribution >= 4 is 28.9 Å². The highest BCUT2D eigenvalue weighted by atomic mass is 32.1. The molecule has 5 nitrogen and oxygen atoms in total. The van der Waals surface area contributed by atoms with Crippen molar-refractivity contribution in [1.82, 2.24) is 0 Å². The number of hydrogen-bond donors (Lipinski definition) is 2. The van der Waals surface area contributed by atoms with Crippen LogP contribution in [0.2, 0.25) is 0 Å². The molecule has 1 heterocycles. The van der Waals surface area contributed by atoms with Gasteiger partial charge in [0.05, 0.1) is 23.9 Å². The summed E-state index contributed by atoms with van der Waals surface area (Å²) in [6, 6.07) is 5.98. The van der Waals surface area contributed by atoms with Gasteiger partial charge in [0.1, 0.15) is 5.75 Å². The van der Waals surface area contributed by atoms with Crippen LogP contribution >= 0.6 is 11.3 Å². The number of rotatable bonds is 4. The van der Waals surface area contributed by atoms with Crippen LogP contribution in [0.25, 0.3) is 0 Å². The summed E-state index contributed by atoms with van der Waals surface area (Å²) >= 11 is 1.41. The maximum absolute atomic E-state index is 11.9. The van der Waals surface area contributed by atoms with Crippen LogP contribution in [-0.4, -0.2) is 24.1 Å². The van der Waals surface area contributed by atoms with Crippen molar-refractivity contribution in [1.29, 1.82) is 0 Å². The SMILES string of the molecule is COc1ccc(C(=O)O)cc1NC(=O)c1ccsc1. The van der Waals surface area contributed by atoms with Gasteiger partial charge < -0.3 is 15.2 Å². The van der Waals surface area contributed by atoms with Crippen LogP contribution in [0.1, 0.15) is 20.7 Å². The fraction of sp³-hybridized carbons (Fsp3) is 0.0769. The van der Waals surface area contributed by atoms with Gasteiger partial charge >= 0.3 is 5.97 Å². The molecule has 2 aromatic rings. The van der Waals surface area contributed by atoms with E-state index in [4.69, 9.17) is 9.84 Å². The second-order valence-corrected chi connectivity index (χ2v) is 4.47. The zero-order valence-electron chi connectivity index (χ0n) is 10.0. The molecular formula is C13H11NO4S.